The lowest BCUT2D eigenvalue weighted by Gasteiger charge is -2.32. The summed E-state index contributed by atoms with van der Waals surface area (Å²) >= 11 is 11.9. The molecule has 2 saturated heterocycles. The first-order valence-electron chi connectivity index (χ1n) is 10.8. The zero-order valence-corrected chi connectivity index (χ0v) is 20.3. The Bertz CT molecular complexity index is 1060. The highest BCUT2D eigenvalue weighted by Crippen LogP contribution is 2.34. The van der Waals surface area contributed by atoms with Crippen LogP contribution in [0.25, 0.3) is 0 Å². The van der Waals surface area contributed by atoms with Gasteiger partial charge in [0.05, 0.1) is 35.9 Å². The first kappa shape index (κ1) is 27.9. The summed E-state index contributed by atoms with van der Waals surface area (Å²) in [6.45, 7) is 3.02. The molecule has 4 rings (SSSR count). The van der Waals surface area contributed by atoms with Crippen LogP contribution >= 0.6 is 23.2 Å². The van der Waals surface area contributed by atoms with Crippen molar-refractivity contribution in [3.63, 3.8) is 0 Å². The van der Waals surface area contributed by atoms with Crippen LogP contribution < -0.4 is 10.2 Å². The molecule has 36 heavy (non-hydrogen) atoms. The van der Waals surface area contributed by atoms with Gasteiger partial charge in [-0.3, -0.25) is 4.79 Å². The van der Waals surface area contributed by atoms with Crippen LogP contribution in [0.1, 0.15) is 23.2 Å². The normalized spacial score (nSPS) is 21.9. The molecule has 1 aromatic heterocycles. The Morgan fingerprint density at radius 2 is 2.00 bits per heavy atom. The highest BCUT2D eigenvalue weighted by atomic mass is 35.5. The fourth-order valence-corrected chi connectivity index (χ4v) is 4.08. The standard InChI is InChI=1S/C20H22Cl2N4O3.C2HF3O2/c21-16-2-1-14(9-17(16)22)19(27)24-10-15-3-5-20(29-15)11-26(7-8-28-12-20)18-4-6-23-13-25-18;3-2(4,5)1(6)7/h1-2,4,6,9,13,15H,3,5,7-8,10-12H2,(H,24,27);(H,6,7)/t15-,20+;/m1./s1. The third-order valence-electron chi connectivity index (χ3n) is 5.49. The number of ether oxygens (including phenoxy) is 2. The largest absolute Gasteiger partial charge is 0.490 e. The molecule has 0 bridgehead atoms. The Labute approximate surface area is 214 Å². The van der Waals surface area contributed by atoms with Crippen molar-refractivity contribution in [1.29, 1.82) is 0 Å². The Morgan fingerprint density at radius 3 is 2.64 bits per heavy atom. The molecule has 1 spiro atoms. The topological polar surface area (TPSA) is 114 Å². The number of alkyl halides is 3. The average Bonchev–Trinajstić information content (AvgIpc) is 3.11. The van der Waals surface area contributed by atoms with Crippen molar-refractivity contribution in [2.24, 2.45) is 0 Å². The van der Waals surface area contributed by atoms with Gasteiger partial charge in [0, 0.05) is 24.8 Å². The first-order chi connectivity index (χ1) is 17.0. The van der Waals surface area contributed by atoms with E-state index in [1.807, 2.05) is 6.07 Å². The van der Waals surface area contributed by atoms with Gasteiger partial charge in [-0.2, -0.15) is 13.2 Å². The van der Waals surface area contributed by atoms with Gasteiger partial charge in [0.25, 0.3) is 5.91 Å². The number of carbonyl (C=O) groups is 2. The second-order valence-electron chi connectivity index (χ2n) is 8.15. The summed E-state index contributed by atoms with van der Waals surface area (Å²) in [5.74, 6) is -2.09. The molecule has 3 heterocycles. The zero-order chi connectivity index (χ0) is 26.3. The Kier molecular flexibility index (Phi) is 9.34. The van der Waals surface area contributed by atoms with Crippen molar-refractivity contribution in [2.75, 3.05) is 37.7 Å². The van der Waals surface area contributed by atoms with E-state index in [-0.39, 0.29) is 12.0 Å². The Hall–Kier alpha value is -2.67. The number of halogens is 5. The molecular formula is C22H23Cl2F3N4O5. The summed E-state index contributed by atoms with van der Waals surface area (Å²) in [7, 11) is 0. The SMILES string of the molecule is O=C(NC[C@H]1CC[C@]2(COCCN(c3ccncn3)C2)O1)c1ccc(Cl)c(Cl)c1.O=C(O)C(F)(F)F. The molecule has 9 nitrogen and oxygen atoms in total. The molecule has 1 amide bonds. The molecule has 2 aromatic rings. The van der Waals surface area contributed by atoms with Crippen molar-refractivity contribution in [1.82, 2.24) is 15.3 Å². The minimum Gasteiger partial charge on any atom is -0.475 e. The van der Waals surface area contributed by atoms with Crippen molar-refractivity contribution < 1.29 is 37.3 Å². The Morgan fingerprint density at radius 1 is 1.25 bits per heavy atom. The van der Waals surface area contributed by atoms with Crippen molar-refractivity contribution in [3.05, 3.63) is 52.4 Å². The lowest BCUT2D eigenvalue weighted by molar-refractivity contribution is -0.192. The second kappa shape index (κ2) is 12.0. The maximum Gasteiger partial charge on any atom is 0.490 e. The third kappa shape index (κ3) is 7.66. The second-order valence-corrected chi connectivity index (χ2v) is 8.96. The van der Waals surface area contributed by atoms with E-state index in [0.29, 0.717) is 41.9 Å². The maximum atomic E-state index is 12.4. The van der Waals surface area contributed by atoms with E-state index in [4.69, 9.17) is 42.6 Å². The molecule has 2 fully saturated rings. The highest BCUT2D eigenvalue weighted by molar-refractivity contribution is 6.42. The van der Waals surface area contributed by atoms with Crippen LogP contribution in [0, 0.1) is 0 Å². The molecular weight excluding hydrogens is 528 g/mol. The van der Waals surface area contributed by atoms with Crippen LogP contribution in [0.5, 0.6) is 0 Å². The lowest BCUT2D eigenvalue weighted by Crippen LogP contribution is -2.45. The van der Waals surface area contributed by atoms with E-state index in [2.05, 4.69) is 20.2 Å². The monoisotopic (exact) mass is 550 g/mol. The third-order valence-corrected chi connectivity index (χ3v) is 6.23. The number of aromatic nitrogens is 2. The van der Waals surface area contributed by atoms with Crippen LogP contribution in [0.2, 0.25) is 10.0 Å². The van der Waals surface area contributed by atoms with E-state index < -0.39 is 17.7 Å². The summed E-state index contributed by atoms with van der Waals surface area (Å²) < 4.78 is 43.9. The van der Waals surface area contributed by atoms with Gasteiger partial charge in [-0.1, -0.05) is 23.2 Å². The van der Waals surface area contributed by atoms with E-state index in [0.717, 1.165) is 25.2 Å². The summed E-state index contributed by atoms with van der Waals surface area (Å²) in [6.07, 6.45) is -0.164. The Balaban J connectivity index is 0.000000454. The van der Waals surface area contributed by atoms with Gasteiger partial charge in [0.2, 0.25) is 0 Å². The van der Waals surface area contributed by atoms with Crippen molar-refractivity contribution in [2.45, 2.75) is 30.7 Å². The van der Waals surface area contributed by atoms with E-state index in [9.17, 15) is 18.0 Å². The minimum absolute atomic E-state index is 0.0735. The number of hydrogen-bond acceptors (Lipinski definition) is 7. The van der Waals surface area contributed by atoms with Crippen LogP contribution in [-0.2, 0) is 14.3 Å². The van der Waals surface area contributed by atoms with Gasteiger partial charge < -0.3 is 24.8 Å². The number of rotatable bonds is 4. The summed E-state index contributed by atoms with van der Waals surface area (Å²) in [5.41, 5.74) is 0.0697. The van der Waals surface area contributed by atoms with E-state index in [1.54, 1.807) is 30.7 Å². The van der Waals surface area contributed by atoms with Crippen LogP contribution in [0.15, 0.2) is 36.8 Å². The van der Waals surface area contributed by atoms with Gasteiger partial charge in [0.1, 0.15) is 17.7 Å². The molecule has 1 aromatic carbocycles. The number of carboxylic acid groups (broad SMARTS) is 1. The number of nitrogens with one attached hydrogen (secondary N) is 1. The van der Waals surface area contributed by atoms with Crippen molar-refractivity contribution in [3.8, 4) is 0 Å². The number of amides is 1. The fraction of sp³-hybridized carbons (Fsp3) is 0.455. The molecule has 0 unspecified atom stereocenters. The number of aliphatic carboxylic acids is 1. The molecule has 0 saturated carbocycles. The molecule has 2 aliphatic rings. The van der Waals surface area contributed by atoms with E-state index >= 15 is 0 Å². The van der Waals surface area contributed by atoms with Crippen LogP contribution in [0.4, 0.5) is 19.0 Å². The number of anilines is 1. The number of carbonyl (C=O) groups excluding carboxylic acids is 1. The molecule has 2 aliphatic heterocycles. The predicted octanol–water partition coefficient (Wildman–Crippen LogP) is 3.60. The van der Waals surface area contributed by atoms with Gasteiger partial charge in [0.15, 0.2) is 0 Å². The van der Waals surface area contributed by atoms with Crippen LogP contribution in [-0.4, -0.2) is 77.7 Å². The molecule has 196 valence electrons. The highest BCUT2D eigenvalue weighted by Gasteiger charge is 2.43. The minimum atomic E-state index is -5.08. The van der Waals surface area contributed by atoms with E-state index in [1.165, 1.54) is 0 Å². The fourth-order valence-electron chi connectivity index (χ4n) is 3.78. The molecule has 0 radical (unpaired) electrons. The predicted molar refractivity (Wildman–Crippen MR) is 124 cm³/mol. The summed E-state index contributed by atoms with van der Waals surface area (Å²) in [4.78, 5) is 31.8. The molecule has 2 atom stereocenters. The average molecular weight is 551 g/mol. The number of nitrogens with zero attached hydrogens (tertiary/aromatic N) is 3. The number of carboxylic acids is 1. The molecule has 14 heteroatoms. The number of benzene rings is 1. The number of hydrogen-bond donors (Lipinski definition) is 2. The summed E-state index contributed by atoms with van der Waals surface area (Å²) in [5, 5.41) is 10.8. The van der Waals surface area contributed by atoms with Gasteiger partial charge in [-0.05, 0) is 37.1 Å². The quantitative estimate of drug-likeness (QED) is 0.593. The van der Waals surface area contributed by atoms with Crippen LogP contribution in [0.3, 0.4) is 0 Å². The molecule has 2 N–H and O–H groups in total. The van der Waals surface area contributed by atoms with Gasteiger partial charge >= 0.3 is 12.1 Å². The summed E-state index contributed by atoms with van der Waals surface area (Å²) in [6, 6.07) is 6.72. The van der Waals surface area contributed by atoms with Gasteiger partial charge in [-0.15, -0.1) is 0 Å². The van der Waals surface area contributed by atoms with Gasteiger partial charge in [-0.25, -0.2) is 14.8 Å². The molecule has 0 aliphatic carbocycles. The first-order valence-corrected chi connectivity index (χ1v) is 11.5. The maximum absolute atomic E-state index is 12.4. The lowest BCUT2D eigenvalue weighted by atomic mass is 10.00. The van der Waals surface area contributed by atoms with Crippen molar-refractivity contribution >= 4 is 40.9 Å². The zero-order valence-electron chi connectivity index (χ0n) is 18.8. The smallest absolute Gasteiger partial charge is 0.475 e.